The molecule has 2 rings (SSSR count). The lowest BCUT2D eigenvalue weighted by Crippen LogP contribution is -2.34. The molecule has 0 aliphatic heterocycles. The van der Waals surface area contributed by atoms with Gasteiger partial charge >= 0.3 is 0 Å². The molecule has 1 aromatic rings. The molecule has 18 heavy (non-hydrogen) atoms. The molecule has 1 fully saturated rings. The van der Waals surface area contributed by atoms with E-state index in [0.29, 0.717) is 6.04 Å². The summed E-state index contributed by atoms with van der Waals surface area (Å²) in [5, 5.41) is 4.48. The third kappa shape index (κ3) is 3.97. The highest BCUT2D eigenvalue weighted by molar-refractivity contribution is 9.10. The molecular weight excluding hydrogens is 310 g/mol. The SMILES string of the molecule is CC(NCc1cc(Br)ccc1Cl)C1CCCCC1. The molecule has 1 saturated carbocycles. The molecule has 0 amide bonds. The van der Waals surface area contributed by atoms with E-state index in [4.69, 9.17) is 11.6 Å². The zero-order valence-electron chi connectivity index (χ0n) is 10.9. The van der Waals surface area contributed by atoms with Crippen LogP contribution in [-0.4, -0.2) is 6.04 Å². The first kappa shape index (κ1) is 14.4. The van der Waals surface area contributed by atoms with E-state index in [1.54, 1.807) is 0 Å². The van der Waals surface area contributed by atoms with Crippen LogP contribution in [0.2, 0.25) is 5.02 Å². The second-order valence-corrected chi connectivity index (χ2v) is 6.63. The Labute approximate surface area is 123 Å². The smallest absolute Gasteiger partial charge is 0.0451 e. The Hall–Kier alpha value is -0.0500. The van der Waals surface area contributed by atoms with E-state index in [1.165, 1.54) is 37.7 Å². The van der Waals surface area contributed by atoms with Crippen LogP contribution in [0.3, 0.4) is 0 Å². The fourth-order valence-electron chi connectivity index (χ4n) is 2.75. The largest absolute Gasteiger partial charge is 0.310 e. The maximum atomic E-state index is 6.20. The normalized spacial score (nSPS) is 18.8. The Morgan fingerprint density at radius 3 is 2.78 bits per heavy atom. The topological polar surface area (TPSA) is 12.0 Å². The van der Waals surface area contributed by atoms with Crippen molar-refractivity contribution >= 4 is 27.5 Å². The van der Waals surface area contributed by atoms with Gasteiger partial charge in [0.2, 0.25) is 0 Å². The van der Waals surface area contributed by atoms with Crippen molar-refractivity contribution in [1.82, 2.24) is 5.32 Å². The van der Waals surface area contributed by atoms with Gasteiger partial charge in [0.1, 0.15) is 0 Å². The monoisotopic (exact) mass is 329 g/mol. The summed E-state index contributed by atoms with van der Waals surface area (Å²) in [6, 6.07) is 6.62. The fraction of sp³-hybridized carbons (Fsp3) is 0.600. The predicted molar refractivity (Wildman–Crippen MR) is 82.0 cm³/mol. The van der Waals surface area contributed by atoms with Crippen LogP contribution in [0, 0.1) is 5.92 Å². The van der Waals surface area contributed by atoms with Gasteiger partial charge in [0.05, 0.1) is 0 Å². The van der Waals surface area contributed by atoms with Crippen LogP contribution in [0.5, 0.6) is 0 Å². The standard InChI is InChI=1S/C15H21BrClN/c1-11(12-5-3-2-4-6-12)18-10-13-9-14(16)7-8-15(13)17/h7-9,11-12,18H,2-6,10H2,1H3. The number of rotatable bonds is 4. The Balaban J connectivity index is 1.88. The molecule has 1 N–H and O–H groups in total. The van der Waals surface area contributed by atoms with E-state index < -0.39 is 0 Å². The fourth-order valence-corrected chi connectivity index (χ4v) is 3.34. The van der Waals surface area contributed by atoms with Gasteiger partial charge in [-0.25, -0.2) is 0 Å². The molecule has 0 saturated heterocycles. The van der Waals surface area contributed by atoms with Crippen molar-refractivity contribution in [3.05, 3.63) is 33.3 Å². The molecule has 0 aromatic heterocycles. The third-order valence-electron chi connectivity index (χ3n) is 3.98. The van der Waals surface area contributed by atoms with Gasteiger partial charge in [-0.05, 0) is 49.4 Å². The minimum atomic E-state index is 0.584. The van der Waals surface area contributed by atoms with Crippen LogP contribution in [0.15, 0.2) is 22.7 Å². The van der Waals surface area contributed by atoms with E-state index >= 15 is 0 Å². The lowest BCUT2D eigenvalue weighted by molar-refractivity contribution is 0.280. The van der Waals surface area contributed by atoms with E-state index in [-0.39, 0.29) is 0 Å². The Kier molecular flexibility index (Phi) is 5.53. The summed E-state index contributed by atoms with van der Waals surface area (Å²) in [7, 11) is 0. The van der Waals surface area contributed by atoms with Gasteiger partial charge < -0.3 is 5.32 Å². The summed E-state index contributed by atoms with van der Waals surface area (Å²) in [5.41, 5.74) is 1.17. The summed E-state index contributed by atoms with van der Waals surface area (Å²) in [4.78, 5) is 0. The summed E-state index contributed by atoms with van der Waals surface area (Å²) in [6.07, 6.45) is 6.96. The number of hydrogen-bond acceptors (Lipinski definition) is 1. The summed E-state index contributed by atoms with van der Waals surface area (Å²) >= 11 is 9.70. The molecule has 0 bridgehead atoms. The average molecular weight is 331 g/mol. The first-order valence-corrected chi connectivity index (χ1v) is 8.01. The van der Waals surface area contributed by atoms with Crippen molar-refractivity contribution in [3.8, 4) is 0 Å². The maximum absolute atomic E-state index is 6.20. The first-order chi connectivity index (χ1) is 8.66. The molecule has 1 nitrogen and oxygen atoms in total. The van der Waals surface area contributed by atoms with Crippen molar-refractivity contribution < 1.29 is 0 Å². The Morgan fingerprint density at radius 1 is 1.33 bits per heavy atom. The zero-order valence-corrected chi connectivity index (χ0v) is 13.2. The average Bonchev–Trinajstić information content (AvgIpc) is 2.40. The van der Waals surface area contributed by atoms with Crippen LogP contribution >= 0.6 is 27.5 Å². The number of benzene rings is 1. The zero-order chi connectivity index (χ0) is 13.0. The van der Waals surface area contributed by atoms with Crippen LogP contribution in [0.4, 0.5) is 0 Å². The van der Waals surface area contributed by atoms with E-state index in [1.807, 2.05) is 12.1 Å². The van der Waals surface area contributed by atoms with Gasteiger partial charge in [-0.3, -0.25) is 0 Å². The summed E-state index contributed by atoms with van der Waals surface area (Å²) in [5.74, 6) is 0.838. The molecule has 0 heterocycles. The van der Waals surface area contributed by atoms with E-state index in [0.717, 1.165) is 22.0 Å². The highest BCUT2D eigenvalue weighted by atomic mass is 79.9. The van der Waals surface area contributed by atoms with Crippen molar-refractivity contribution in [2.24, 2.45) is 5.92 Å². The van der Waals surface area contributed by atoms with E-state index in [9.17, 15) is 0 Å². The van der Waals surface area contributed by atoms with Crippen molar-refractivity contribution in [3.63, 3.8) is 0 Å². The molecule has 100 valence electrons. The van der Waals surface area contributed by atoms with Gasteiger partial charge in [0.25, 0.3) is 0 Å². The van der Waals surface area contributed by atoms with E-state index in [2.05, 4.69) is 34.2 Å². The van der Waals surface area contributed by atoms with Crippen LogP contribution in [0.1, 0.15) is 44.6 Å². The highest BCUT2D eigenvalue weighted by Crippen LogP contribution is 2.27. The first-order valence-electron chi connectivity index (χ1n) is 6.84. The maximum Gasteiger partial charge on any atom is 0.0451 e. The number of nitrogens with one attached hydrogen (secondary N) is 1. The van der Waals surface area contributed by atoms with Gasteiger partial charge in [-0.1, -0.05) is 46.8 Å². The molecule has 1 aromatic carbocycles. The van der Waals surface area contributed by atoms with Gasteiger partial charge in [0, 0.05) is 22.1 Å². The third-order valence-corrected chi connectivity index (χ3v) is 4.84. The molecular formula is C15H21BrClN. The minimum Gasteiger partial charge on any atom is -0.310 e. The van der Waals surface area contributed by atoms with Crippen LogP contribution < -0.4 is 5.32 Å². The molecule has 1 unspecified atom stereocenters. The lowest BCUT2D eigenvalue weighted by atomic mass is 9.84. The number of halogens is 2. The molecule has 0 radical (unpaired) electrons. The minimum absolute atomic E-state index is 0.584. The summed E-state index contributed by atoms with van der Waals surface area (Å²) < 4.78 is 1.09. The van der Waals surface area contributed by atoms with Crippen LogP contribution in [0.25, 0.3) is 0 Å². The lowest BCUT2D eigenvalue weighted by Gasteiger charge is -2.28. The molecule has 0 spiro atoms. The van der Waals surface area contributed by atoms with Crippen molar-refractivity contribution in [2.45, 2.75) is 51.6 Å². The Bertz CT molecular complexity index is 388. The second-order valence-electron chi connectivity index (χ2n) is 5.30. The molecule has 3 heteroatoms. The predicted octanol–water partition coefficient (Wildman–Crippen LogP) is 5.16. The van der Waals surface area contributed by atoms with Gasteiger partial charge in [0.15, 0.2) is 0 Å². The van der Waals surface area contributed by atoms with Gasteiger partial charge in [-0.15, -0.1) is 0 Å². The Morgan fingerprint density at radius 2 is 2.06 bits per heavy atom. The molecule has 1 atom stereocenters. The quantitative estimate of drug-likeness (QED) is 0.804. The van der Waals surface area contributed by atoms with Crippen molar-refractivity contribution in [2.75, 3.05) is 0 Å². The van der Waals surface area contributed by atoms with Gasteiger partial charge in [-0.2, -0.15) is 0 Å². The molecule has 1 aliphatic carbocycles. The summed E-state index contributed by atoms with van der Waals surface area (Å²) in [6.45, 7) is 3.16. The van der Waals surface area contributed by atoms with Crippen molar-refractivity contribution in [1.29, 1.82) is 0 Å². The highest BCUT2D eigenvalue weighted by Gasteiger charge is 2.19. The second kappa shape index (κ2) is 6.93. The van der Waals surface area contributed by atoms with Crippen LogP contribution in [-0.2, 0) is 6.54 Å². The molecule has 1 aliphatic rings. The number of hydrogen-bond donors (Lipinski definition) is 1.